The van der Waals surface area contributed by atoms with E-state index in [4.69, 9.17) is 4.74 Å². The summed E-state index contributed by atoms with van der Waals surface area (Å²) in [5, 5.41) is 1.45. The molecule has 0 unspecified atom stereocenters. The van der Waals surface area contributed by atoms with Gasteiger partial charge in [0.2, 0.25) is 13.6 Å². The van der Waals surface area contributed by atoms with Crippen molar-refractivity contribution in [2.24, 2.45) is 0 Å². The van der Waals surface area contributed by atoms with Crippen LogP contribution in [0, 0.1) is 0 Å². The topological polar surface area (TPSA) is 147 Å². The number of carbonyl (C=O) groups is 5. The molecule has 12 nitrogen and oxygen atoms in total. The van der Waals surface area contributed by atoms with E-state index in [0.717, 1.165) is 39.9 Å². The molecule has 0 saturated carbocycles. The summed E-state index contributed by atoms with van der Waals surface area (Å²) in [6.45, 7) is 4.39. The number of ether oxygens (including phenoxy) is 5. The summed E-state index contributed by atoms with van der Waals surface area (Å²) >= 11 is 0.582. The van der Waals surface area contributed by atoms with Crippen molar-refractivity contribution in [1.29, 1.82) is 0 Å². The summed E-state index contributed by atoms with van der Waals surface area (Å²) in [4.78, 5) is 59.8. The summed E-state index contributed by atoms with van der Waals surface area (Å²) < 4.78 is 23.5. The molecular weight excluding hydrogens is 460 g/mol. The molecule has 1 atom stereocenters. The van der Waals surface area contributed by atoms with Gasteiger partial charge >= 0.3 is 29.3 Å². The van der Waals surface area contributed by atoms with Crippen LogP contribution < -0.4 is 5.32 Å². The fourth-order valence-electron chi connectivity index (χ4n) is 2.77. The van der Waals surface area contributed by atoms with Crippen molar-refractivity contribution in [3.63, 3.8) is 0 Å². The fraction of sp³-hybridized carbons (Fsp3) is 0.750. The molecular formula is C20H32N2O10S. The Labute approximate surface area is 196 Å². The Kier molecular flexibility index (Phi) is 14.7. The molecule has 1 aliphatic heterocycles. The van der Waals surface area contributed by atoms with Gasteiger partial charge in [-0.05, 0) is 57.1 Å². The maximum atomic E-state index is 12.4. The quantitative estimate of drug-likeness (QED) is 0.173. The molecule has 1 aliphatic rings. The van der Waals surface area contributed by atoms with Gasteiger partial charge < -0.3 is 33.9 Å². The van der Waals surface area contributed by atoms with E-state index in [9.17, 15) is 24.0 Å². The monoisotopic (exact) mass is 492 g/mol. The lowest BCUT2D eigenvalue weighted by molar-refractivity contribution is -0.150. The Balaban J connectivity index is 2.42. The van der Waals surface area contributed by atoms with Crippen molar-refractivity contribution in [3.8, 4) is 0 Å². The molecule has 0 aliphatic carbocycles. The summed E-state index contributed by atoms with van der Waals surface area (Å²) in [7, 11) is 0. The number of amides is 1. The zero-order valence-electron chi connectivity index (χ0n) is 19.0. The van der Waals surface area contributed by atoms with Crippen LogP contribution in [0.2, 0.25) is 0 Å². The second-order valence-electron chi connectivity index (χ2n) is 7.12. The third kappa shape index (κ3) is 15.0. The van der Waals surface area contributed by atoms with Crippen LogP contribution in [-0.4, -0.2) is 85.8 Å². The first-order valence-corrected chi connectivity index (χ1v) is 11.6. The number of carbonyl (C=O) groups excluding carboxylic acids is 5. The Hall–Kier alpha value is -2.54. The van der Waals surface area contributed by atoms with Crippen LogP contribution in [0.5, 0.6) is 0 Å². The van der Waals surface area contributed by atoms with E-state index in [1.165, 1.54) is 19.3 Å². The Morgan fingerprint density at radius 1 is 0.848 bits per heavy atom. The number of nitrogens with one attached hydrogen (secondary N) is 1. The first kappa shape index (κ1) is 28.5. The molecule has 0 bridgehead atoms. The van der Waals surface area contributed by atoms with E-state index in [-0.39, 0.29) is 12.4 Å². The van der Waals surface area contributed by atoms with Crippen LogP contribution in [0.1, 0.15) is 46.0 Å². The van der Waals surface area contributed by atoms with Crippen LogP contribution in [0.3, 0.4) is 0 Å². The van der Waals surface area contributed by atoms with Crippen molar-refractivity contribution in [2.75, 3.05) is 45.6 Å². The van der Waals surface area contributed by atoms with Gasteiger partial charge in [0.1, 0.15) is 6.04 Å². The zero-order valence-corrected chi connectivity index (χ0v) is 19.8. The normalized spacial score (nSPS) is 14.5. The molecule has 0 aromatic carbocycles. The number of alkyl carbamates (subject to hydrolysis) is 1. The Bertz CT molecular complexity index is 655. The molecule has 0 spiro atoms. The zero-order chi connectivity index (χ0) is 24.5. The lowest BCUT2D eigenvalue weighted by Gasteiger charge is -2.26. The highest BCUT2D eigenvalue weighted by atomic mass is 32.2. The standard InChI is InChI=1S/C20H32N2O10S/c1-15(23)29-13-31-19(26)21-17(12-33-20(27)32-14-30-16(2)24)18(25)28-11-7-6-10-22-8-4-3-5-9-22/h17H,3-14H2,1-2H3,(H,21,26)/t17-/m0/s1. The third-order valence-electron chi connectivity index (χ3n) is 4.40. The number of nitrogens with zero attached hydrogens (tertiary/aromatic N) is 1. The highest BCUT2D eigenvalue weighted by Gasteiger charge is 2.25. The lowest BCUT2D eigenvalue weighted by atomic mass is 10.1. The number of hydrogen-bond donors (Lipinski definition) is 1. The van der Waals surface area contributed by atoms with Gasteiger partial charge in [0, 0.05) is 19.6 Å². The van der Waals surface area contributed by atoms with Gasteiger partial charge in [0.25, 0.3) is 0 Å². The van der Waals surface area contributed by atoms with Crippen LogP contribution in [-0.2, 0) is 38.1 Å². The van der Waals surface area contributed by atoms with Gasteiger partial charge in [-0.25, -0.2) is 14.4 Å². The second-order valence-corrected chi connectivity index (χ2v) is 8.07. The van der Waals surface area contributed by atoms with Gasteiger partial charge in [0.05, 0.1) is 6.61 Å². The minimum atomic E-state index is -1.22. The van der Waals surface area contributed by atoms with Crippen LogP contribution in [0.25, 0.3) is 0 Å². The number of likely N-dealkylation sites (tertiary alicyclic amines) is 1. The van der Waals surface area contributed by atoms with E-state index in [0.29, 0.717) is 18.2 Å². The molecule has 0 radical (unpaired) electrons. The molecule has 1 rings (SSSR count). The molecule has 1 amide bonds. The number of unbranched alkanes of at least 4 members (excludes halogenated alkanes) is 1. The van der Waals surface area contributed by atoms with Crippen LogP contribution >= 0.6 is 11.8 Å². The Morgan fingerprint density at radius 3 is 2.12 bits per heavy atom. The van der Waals surface area contributed by atoms with Crippen molar-refractivity contribution in [2.45, 2.75) is 52.0 Å². The van der Waals surface area contributed by atoms with E-state index in [1.807, 2.05) is 0 Å². The van der Waals surface area contributed by atoms with Gasteiger partial charge in [0.15, 0.2) is 0 Å². The van der Waals surface area contributed by atoms with Crippen molar-refractivity contribution in [3.05, 3.63) is 0 Å². The highest BCUT2D eigenvalue weighted by molar-refractivity contribution is 8.13. The predicted octanol–water partition coefficient (Wildman–Crippen LogP) is 1.80. The van der Waals surface area contributed by atoms with Gasteiger partial charge in [-0.3, -0.25) is 9.59 Å². The number of thioether (sulfide) groups is 1. The smallest absolute Gasteiger partial charge is 0.410 e. The maximum Gasteiger partial charge on any atom is 0.410 e. The van der Waals surface area contributed by atoms with Gasteiger partial charge in [-0.2, -0.15) is 0 Å². The molecule has 1 saturated heterocycles. The summed E-state index contributed by atoms with van der Waals surface area (Å²) in [5.74, 6) is -2.23. The third-order valence-corrected chi connectivity index (χ3v) is 5.25. The van der Waals surface area contributed by atoms with Crippen LogP contribution in [0.15, 0.2) is 0 Å². The number of hydrogen-bond acceptors (Lipinski definition) is 12. The Morgan fingerprint density at radius 2 is 1.48 bits per heavy atom. The summed E-state index contributed by atoms with van der Waals surface area (Å²) in [6.07, 6.45) is 4.17. The first-order valence-electron chi connectivity index (χ1n) is 10.7. The molecule has 13 heteroatoms. The molecule has 33 heavy (non-hydrogen) atoms. The first-order chi connectivity index (χ1) is 15.8. The highest BCUT2D eigenvalue weighted by Crippen LogP contribution is 2.11. The largest absolute Gasteiger partial charge is 0.464 e. The molecule has 1 heterocycles. The summed E-state index contributed by atoms with van der Waals surface area (Å²) in [5.41, 5.74) is 0. The minimum absolute atomic E-state index is 0.162. The SMILES string of the molecule is CC(=O)OCOC(=O)N[C@@H](CSC(=O)OCOC(C)=O)C(=O)OCCCCN1CCCCC1. The predicted molar refractivity (Wildman–Crippen MR) is 116 cm³/mol. The average molecular weight is 493 g/mol. The molecule has 188 valence electrons. The second kappa shape index (κ2) is 17.0. The van der Waals surface area contributed by atoms with E-state index < -0.39 is 48.9 Å². The lowest BCUT2D eigenvalue weighted by Crippen LogP contribution is -2.44. The van der Waals surface area contributed by atoms with Crippen LogP contribution in [0.4, 0.5) is 9.59 Å². The molecule has 1 N–H and O–H groups in total. The van der Waals surface area contributed by atoms with Gasteiger partial charge in [-0.15, -0.1) is 0 Å². The van der Waals surface area contributed by atoms with Gasteiger partial charge in [-0.1, -0.05) is 6.42 Å². The average Bonchev–Trinajstić information content (AvgIpc) is 2.76. The maximum absolute atomic E-state index is 12.4. The van der Waals surface area contributed by atoms with E-state index in [2.05, 4.69) is 29.2 Å². The summed E-state index contributed by atoms with van der Waals surface area (Å²) in [6, 6.07) is -1.22. The molecule has 1 fully saturated rings. The molecule has 0 aromatic heterocycles. The number of rotatable bonds is 13. The van der Waals surface area contributed by atoms with Crippen molar-refractivity contribution < 1.29 is 47.7 Å². The fourth-order valence-corrected chi connectivity index (χ4v) is 3.42. The van der Waals surface area contributed by atoms with Crippen molar-refractivity contribution in [1.82, 2.24) is 10.2 Å². The number of esters is 3. The van der Waals surface area contributed by atoms with E-state index >= 15 is 0 Å². The van der Waals surface area contributed by atoms with Crippen molar-refractivity contribution >= 4 is 41.1 Å². The minimum Gasteiger partial charge on any atom is -0.464 e. The number of piperidine rings is 1. The molecule has 0 aromatic rings. The van der Waals surface area contributed by atoms with E-state index in [1.54, 1.807) is 0 Å².